The van der Waals surface area contributed by atoms with Crippen LogP contribution in [0.4, 0.5) is 5.82 Å². The van der Waals surface area contributed by atoms with Crippen molar-refractivity contribution in [3.05, 3.63) is 58.6 Å². The van der Waals surface area contributed by atoms with E-state index in [-0.39, 0.29) is 18.3 Å². The smallest absolute Gasteiger partial charge is 0.263 e. The van der Waals surface area contributed by atoms with E-state index in [9.17, 15) is 4.79 Å². The first-order valence-electron chi connectivity index (χ1n) is 8.82. The molecule has 0 saturated carbocycles. The highest BCUT2D eigenvalue weighted by molar-refractivity contribution is 6.30. The predicted molar refractivity (Wildman–Crippen MR) is 102 cm³/mol. The molecular formula is C20H18ClN3O3. The number of aromatic nitrogens is 2. The van der Waals surface area contributed by atoms with Crippen LogP contribution in [-0.4, -0.2) is 22.8 Å². The van der Waals surface area contributed by atoms with Crippen molar-refractivity contribution >= 4 is 23.3 Å². The molecule has 0 spiro atoms. The average Bonchev–Trinajstić information content (AvgIpc) is 3.15. The summed E-state index contributed by atoms with van der Waals surface area (Å²) in [6, 6.07) is 13.0. The van der Waals surface area contributed by atoms with Crippen molar-refractivity contribution in [3.8, 4) is 17.0 Å². The number of aryl methyl sites for hydroxylation is 2. The molecule has 3 aromatic rings. The van der Waals surface area contributed by atoms with Crippen LogP contribution in [0, 0.1) is 0 Å². The van der Waals surface area contributed by atoms with Crippen LogP contribution in [0.1, 0.15) is 24.0 Å². The Kier molecular flexibility index (Phi) is 5.07. The van der Waals surface area contributed by atoms with E-state index >= 15 is 0 Å². The van der Waals surface area contributed by atoms with E-state index in [1.54, 1.807) is 24.3 Å². The first-order valence-corrected chi connectivity index (χ1v) is 9.20. The van der Waals surface area contributed by atoms with E-state index in [1.165, 1.54) is 24.0 Å². The third kappa shape index (κ3) is 4.11. The zero-order valence-electron chi connectivity index (χ0n) is 14.6. The number of nitrogens with one attached hydrogen (secondary N) is 1. The van der Waals surface area contributed by atoms with Crippen molar-refractivity contribution in [1.29, 1.82) is 0 Å². The number of halogens is 1. The Balaban J connectivity index is 1.44. The minimum absolute atomic E-state index is 0.155. The summed E-state index contributed by atoms with van der Waals surface area (Å²) in [5.41, 5.74) is 4.10. The Bertz CT molecular complexity index is 953. The number of anilines is 1. The van der Waals surface area contributed by atoms with Crippen LogP contribution in [0.25, 0.3) is 11.3 Å². The van der Waals surface area contributed by atoms with Crippen molar-refractivity contribution in [2.45, 2.75) is 25.7 Å². The molecule has 2 aromatic carbocycles. The van der Waals surface area contributed by atoms with Gasteiger partial charge in [-0.1, -0.05) is 23.7 Å². The second-order valence-electron chi connectivity index (χ2n) is 6.44. The number of ether oxygens (including phenoxy) is 1. The number of amides is 1. The number of hydrogen-bond acceptors (Lipinski definition) is 5. The molecule has 4 rings (SSSR count). The lowest BCUT2D eigenvalue weighted by Gasteiger charge is -2.16. The standard InChI is InChI=1S/C20H18ClN3O3/c21-16-7-9-17(10-8-16)26-12-18(25)22-20-19(23-27-24-20)15-6-5-13-3-1-2-4-14(13)11-15/h5-11H,1-4,12H2,(H,22,24,25). The van der Waals surface area contributed by atoms with Gasteiger partial charge in [-0.2, -0.15) is 0 Å². The van der Waals surface area contributed by atoms with E-state index in [4.69, 9.17) is 21.0 Å². The van der Waals surface area contributed by atoms with Crippen molar-refractivity contribution in [2.75, 3.05) is 11.9 Å². The topological polar surface area (TPSA) is 77.2 Å². The monoisotopic (exact) mass is 383 g/mol. The highest BCUT2D eigenvalue weighted by atomic mass is 35.5. The summed E-state index contributed by atoms with van der Waals surface area (Å²) in [4.78, 5) is 12.2. The van der Waals surface area contributed by atoms with Crippen LogP contribution < -0.4 is 10.1 Å². The average molecular weight is 384 g/mol. The molecule has 1 N–H and O–H groups in total. The van der Waals surface area contributed by atoms with Crippen LogP contribution in [0.2, 0.25) is 5.02 Å². The van der Waals surface area contributed by atoms with Gasteiger partial charge in [-0.3, -0.25) is 4.79 Å². The molecule has 1 aliphatic carbocycles. The minimum atomic E-state index is -0.347. The first-order chi connectivity index (χ1) is 13.2. The maximum atomic E-state index is 12.2. The summed E-state index contributed by atoms with van der Waals surface area (Å²) in [6.07, 6.45) is 4.59. The summed E-state index contributed by atoms with van der Waals surface area (Å²) in [7, 11) is 0. The fourth-order valence-corrected chi connectivity index (χ4v) is 3.31. The van der Waals surface area contributed by atoms with Crippen molar-refractivity contribution < 1.29 is 14.2 Å². The lowest BCUT2D eigenvalue weighted by Crippen LogP contribution is -2.20. The minimum Gasteiger partial charge on any atom is -0.484 e. The second kappa shape index (κ2) is 7.80. The van der Waals surface area contributed by atoms with Crippen LogP contribution in [0.3, 0.4) is 0 Å². The van der Waals surface area contributed by atoms with Gasteiger partial charge >= 0.3 is 0 Å². The maximum absolute atomic E-state index is 12.2. The third-order valence-electron chi connectivity index (χ3n) is 4.55. The van der Waals surface area contributed by atoms with Gasteiger partial charge in [-0.05, 0) is 77.5 Å². The Morgan fingerprint density at radius 3 is 2.67 bits per heavy atom. The highest BCUT2D eigenvalue weighted by Gasteiger charge is 2.18. The largest absolute Gasteiger partial charge is 0.484 e. The van der Waals surface area contributed by atoms with Gasteiger partial charge < -0.3 is 10.1 Å². The van der Waals surface area contributed by atoms with Crippen molar-refractivity contribution in [1.82, 2.24) is 10.3 Å². The highest BCUT2D eigenvalue weighted by Crippen LogP contribution is 2.29. The van der Waals surface area contributed by atoms with E-state index in [1.807, 2.05) is 6.07 Å². The molecule has 0 atom stereocenters. The Labute approximate surface area is 161 Å². The van der Waals surface area contributed by atoms with E-state index in [0.29, 0.717) is 16.5 Å². The molecule has 6 nitrogen and oxygen atoms in total. The number of fused-ring (bicyclic) bond motifs is 1. The third-order valence-corrected chi connectivity index (χ3v) is 4.80. The molecule has 138 valence electrons. The summed E-state index contributed by atoms with van der Waals surface area (Å²) in [6.45, 7) is -0.155. The Morgan fingerprint density at radius 1 is 1.07 bits per heavy atom. The van der Waals surface area contributed by atoms with E-state index in [0.717, 1.165) is 18.4 Å². The fourth-order valence-electron chi connectivity index (χ4n) is 3.19. The molecule has 1 aromatic heterocycles. The number of hydrogen-bond donors (Lipinski definition) is 1. The lowest BCUT2D eigenvalue weighted by atomic mass is 9.90. The van der Waals surface area contributed by atoms with E-state index < -0.39 is 0 Å². The molecule has 0 aliphatic heterocycles. The Hall–Kier alpha value is -2.86. The number of carbonyl (C=O) groups is 1. The van der Waals surface area contributed by atoms with Gasteiger partial charge in [-0.25, -0.2) is 4.63 Å². The maximum Gasteiger partial charge on any atom is 0.263 e. The zero-order chi connectivity index (χ0) is 18.6. The molecule has 1 amide bonds. The van der Waals surface area contributed by atoms with Gasteiger partial charge in [0.25, 0.3) is 5.91 Å². The second-order valence-corrected chi connectivity index (χ2v) is 6.88. The van der Waals surface area contributed by atoms with Crippen LogP contribution in [-0.2, 0) is 17.6 Å². The quantitative estimate of drug-likeness (QED) is 0.711. The summed E-state index contributed by atoms with van der Waals surface area (Å²) in [5.74, 6) is 0.498. The number of benzene rings is 2. The molecule has 0 radical (unpaired) electrons. The molecule has 0 saturated heterocycles. The van der Waals surface area contributed by atoms with Gasteiger partial charge in [0.15, 0.2) is 12.3 Å². The molecular weight excluding hydrogens is 366 g/mol. The normalized spacial score (nSPS) is 13.1. The zero-order valence-corrected chi connectivity index (χ0v) is 15.3. The van der Waals surface area contributed by atoms with Crippen molar-refractivity contribution in [3.63, 3.8) is 0 Å². The van der Waals surface area contributed by atoms with Gasteiger partial charge in [0.05, 0.1) is 0 Å². The SMILES string of the molecule is O=C(COc1ccc(Cl)cc1)Nc1nonc1-c1ccc2c(c1)CCCC2. The number of nitrogens with zero attached hydrogens (tertiary/aromatic N) is 2. The van der Waals surface area contributed by atoms with Crippen LogP contribution in [0.15, 0.2) is 47.1 Å². The molecule has 0 fully saturated rings. The fraction of sp³-hybridized carbons (Fsp3) is 0.250. The molecule has 0 unspecified atom stereocenters. The van der Waals surface area contributed by atoms with Gasteiger partial charge in [-0.15, -0.1) is 0 Å². The summed E-state index contributed by atoms with van der Waals surface area (Å²) < 4.78 is 10.3. The van der Waals surface area contributed by atoms with Gasteiger partial charge in [0, 0.05) is 10.6 Å². The molecule has 1 aliphatic rings. The molecule has 7 heteroatoms. The van der Waals surface area contributed by atoms with Crippen LogP contribution in [0.5, 0.6) is 5.75 Å². The number of rotatable bonds is 5. The lowest BCUT2D eigenvalue weighted by molar-refractivity contribution is -0.118. The Morgan fingerprint density at radius 2 is 1.85 bits per heavy atom. The summed E-state index contributed by atoms with van der Waals surface area (Å²) in [5, 5.41) is 11.1. The van der Waals surface area contributed by atoms with Gasteiger partial charge in [0.1, 0.15) is 5.75 Å². The van der Waals surface area contributed by atoms with Crippen LogP contribution >= 0.6 is 11.6 Å². The predicted octanol–water partition coefficient (Wildman–Crippen LogP) is 4.29. The summed E-state index contributed by atoms with van der Waals surface area (Å²) >= 11 is 5.83. The van der Waals surface area contributed by atoms with E-state index in [2.05, 4.69) is 27.8 Å². The molecule has 1 heterocycles. The first kappa shape index (κ1) is 17.5. The molecule has 0 bridgehead atoms. The van der Waals surface area contributed by atoms with Crippen molar-refractivity contribution in [2.24, 2.45) is 0 Å². The number of carbonyl (C=O) groups excluding carboxylic acids is 1. The molecule has 27 heavy (non-hydrogen) atoms. The van der Waals surface area contributed by atoms with Gasteiger partial charge in [0.2, 0.25) is 5.82 Å².